The first-order valence-corrected chi connectivity index (χ1v) is 10.9. The van der Waals surface area contributed by atoms with E-state index in [0.717, 1.165) is 11.8 Å². The summed E-state index contributed by atoms with van der Waals surface area (Å²) in [4.78, 5) is 28.2. The maximum Gasteiger partial charge on any atom is 0.289 e. The number of aromatic nitrogens is 2. The quantitative estimate of drug-likeness (QED) is 0.494. The topological polar surface area (TPSA) is 102 Å². The number of furan rings is 1. The average Bonchev–Trinajstić information content (AvgIpc) is 3.49. The van der Waals surface area contributed by atoms with Gasteiger partial charge in [-0.15, -0.1) is 10.2 Å². The molecule has 9 nitrogen and oxygen atoms in total. The summed E-state index contributed by atoms with van der Waals surface area (Å²) in [6.45, 7) is 1.93. The molecule has 1 fully saturated rings. The van der Waals surface area contributed by atoms with Gasteiger partial charge >= 0.3 is 0 Å². The summed E-state index contributed by atoms with van der Waals surface area (Å²) >= 11 is 7.21. The van der Waals surface area contributed by atoms with E-state index in [2.05, 4.69) is 10.2 Å². The normalized spacial score (nSPS) is 14.0. The highest BCUT2D eigenvalue weighted by Crippen LogP contribution is 2.24. The Hall–Kier alpha value is -2.98. The average molecular weight is 463 g/mol. The molecule has 1 aromatic carbocycles. The van der Waals surface area contributed by atoms with Crippen molar-refractivity contribution in [1.82, 2.24) is 20.0 Å². The fraction of sp³-hybridized carbons (Fsp3) is 0.300. The van der Waals surface area contributed by atoms with Gasteiger partial charge in [0, 0.05) is 26.2 Å². The highest BCUT2D eigenvalue weighted by Gasteiger charge is 2.26. The van der Waals surface area contributed by atoms with Gasteiger partial charge in [0.2, 0.25) is 5.91 Å². The highest BCUT2D eigenvalue weighted by atomic mass is 35.5. The molecule has 0 radical (unpaired) electrons. The van der Waals surface area contributed by atoms with E-state index in [9.17, 15) is 9.59 Å². The van der Waals surface area contributed by atoms with Crippen LogP contribution in [0.3, 0.4) is 0 Å². The third-order valence-corrected chi connectivity index (χ3v) is 5.72. The van der Waals surface area contributed by atoms with Gasteiger partial charge in [-0.25, -0.2) is 0 Å². The molecular weight excluding hydrogens is 444 g/mol. The zero-order valence-electron chi connectivity index (χ0n) is 16.4. The molecule has 2 aromatic heterocycles. The van der Waals surface area contributed by atoms with Crippen molar-refractivity contribution in [1.29, 1.82) is 0 Å². The number of rotatable bonds is 7. The van der Waals surface area contributed by atoms with E-state index >= 15 is 0 Å². The summed E-state index contributed by atoms with van der Waals surface area (Å²) in [7, 11) is 0. The van der Waals surface area contributed by atoms with E-state index in [0.29, 0.717) is 48.6 Å². The van der Waals surface area contributed by atoms with Crippen molar-refractivity contribution in [2.24, 2.45) is 0 Å². The maximum atomic E-state index is 12.5. The second-order valence-corrected chi connectivity index (χ2v) is 7.95. The van der Waals surface area contributed by atoms with Gasteiger partial charge in [0.25, 0.3) is 17.0 Å². The summed E-state index contributed by atoms with van der Waals surface area (Å²) in [5.74, 6) is 1.07. The van der Waals surface area contributed by atoms with E-state index in [1.165, 1.54) is 6.26 Å². The number of carbonyl (C=O) groups is 2. The number of hydrogen-bond acceptors (Lipinski definition) is 8. The van der Waals surface area contributed by atoms with Gasteiger partial charge in [-0.3, -0.25) is 9.59 Å². The zero-order valence-corrected chi connectivity index (χ0v) is 18.0. The van der Waals surface area contributed by atoms with Crippen LogP contribution in [-0.4, -0.2) is 63.7 Å². The van der Waals surface area contributed by atoms with Crippen LogP contribution in [0.2, 0.25) is 5.02 Å². The number of nitrogens with zero attached hydrogens (tertiary/aromatic N) is 4. The molecule has 0 aliphatic carbocycles. The lowest BCUT2D eigenvalue weighted by molar-refractivity contribution is -0.129. The first kappa shape index (κ1) is 21.3. The Balaban J connectivity index is 1.21. The maximum absolute atomic E-state index is 12.5. The van der Waals surface area contributed by atoms with Gasteiger partial charge in [-0.05, 0) is 24.3 Å². The lowest BCUT2D eigenvalue weighted by atomic mass is 10.3. The smallest absolute Gasteiger partial charge is 0.289 e. The Kier molecular flexibility index (Phi) is 6.78. The first-order chi connectivity index (χ1) is 15.1. The van der Waals surface area contributed by atoms with Crippen molar-refractivity contribution < 1.29 is 23.2 Å². The van der Waals surface area contributed by atoms with Crippen molar-refractivity contribution >= 4 is 35.2 Å². The number of amides is 2. The number of carbonyl (C=O) groups excluding carboxylic acids is 2. The van der Waals surface area contributed by atoms with Crippen LogP contribution in [-0.2, 0) is 11.4 Å². The third kappa shape index (κ3) is 5.39. The molecule has 3 heterocycles. The van der Waals surface area contributed by atoms with Gasteiger partial charge < -0.3 is 23.4 Å². The number of halogens is 1. The number of piperazine rings is 1. The molecule has 0 N–H and O–H groups in total. The molecule has 1 aliphatic heterocycles. The van der Waals surface area contributed by atoms with Crippen LogP contribution in [0.25, 0.3) is 0 Å². The molecule has 0 atom stereocenters. The van der Waals surface area contributed by atoms with E-state index in [4.69, 9.17) is 25.2 Å². The summed E-state index contributed by atoms with van der Waals surface area (Å²) in [5, 5.41) is 8.64. The molecule has 0 spiro atoms. The summed E-state index contributed by atoms with van der Waals surface area (Å²) in [5.41, 5.74) is 0. The minimum Gasteiger partial charge on any atom is -0.482 e. The lowest BCUT2D eigenvalue weighted by Crippen LogP contribution is -2.51. The van der Waals surface area contributed by atoms with Gasteiger partial charge in [-0.2, -0.15) is 0 Å². The Morgan fingerprint density at radius 1 is 1.06 bits per heavy atom. The van der Waals surface area contributed by atoms with Crippen LogP contribution < -0.4 is 4.74 Å². The van der Waals surface area contributed by atoms with Crippen molar-refractivity contribution in [3.8, 4) is 5.75 Å². The standard InChI is InChI=1S/C20H19ClN4O5S/c21-14-4-1-2-5-15(14)29-12-17-22-23-20(30-17)31-13-18(26)24-7-9-25(10-8-24)19(27)16-6-3-11-28-16/h1-6,11H,7-10,12-13H2. The Labute approximate surface area is 187 Å². The zero-order chi connectivity index (χ0) is 21.6. The molecule has 31 heavy (non-hydrogen) atoms. The van der Waals surface area contributed by atoms with Crippen LogP contribution in [0.5, 0.6) is 5.75 Å². The summed E-state index contributed by atoms with van der Waals surface area (Å²) < 4.78 is 16.2. The minimum absolute atomic E-state index is 0.0536. The molecule has 0 bridgehead atoms. The Bertz CT molecular complexity index is 1030. The number of para-hydroxylation sites is 1. The summed E-state index contributed by atoms with van der Waals surface area (Å²) in [6, 6.07) is 10.4. The third-order valence-electron chi connectivity index (χ3n) is 4.61. The predicted octanol–water partition coefficient (Wildman–Crippen LogP) is 2.97. The van der Waals surface area contributed by atoms with Crippen LogP contribution >= 0.6 is 23.4 Å². The number of thioether (sulfide) groups is 1. The van der Waals surface area contributed by atoms with E-state index in [1.807, 2.05) is 12.1 Å². The predicted molar refractivity (Wildman–Crippen MR) is 112 cm³/mol. The molecule has 3 aromatic rings. The van der Waals surface area contributed by atoms with E-state index < -0.39 is 0 Å². The van der Waals surface area contributed by atoms with Crippen LogP contribution in [0, 0.1) is 0 Å². The molecular formula is C20H19ClN4O5S. The van der Waals surface area contributed by atoms with Crippen molar-refractivity contribution in [3.63, 3.8) is 0 Å². The van der Waals surface area contributed by atoms with Crippen molar-refractivity contribution in [2.75, 3.05) is 31.9 Å². The second kappa shape index (κ2) is 9.88. The monoisotopic (exact) mass is 462 g/mol. The van der Waals surface area contributed by atoms with Crippen LogP contribution in [0.1, 0.15) is 16.4 Å². The highest BCUT2D eigenvalue weighted by molar-refractivity contribution is 7.99. The van der Waals surface area contributed by atoms with Gasteiger partial charge in [-0.1, -0.05) is 35.5 Å². The first-order valence-electron chi connectivity index (χ1n) is 9.53. The fourth-order valence-electron chi connectivity index (χ4n) is 2.99. The number of ether oxygens (including phenoxy) is 1. The Morgan fingerprint density at radius 3 is 2.58 bits per heavy atom. The molecule has 0 unspecified atom stereocenters. The van der Waals surface area contributed by atoms with E-state index in [-0.39, 0.29) is 29.4 Å². The molecule has 1 saturated heterocycles. The van der Waals surface area contributed by atoms with E-state index in [1.54, 1.807) is 34.1 Å². The van der Waals surface area contributed by atoms with Crippen LogP contribution in [0.15, 0.2) is 56.7 Å². The largest absolute Gasteiger partial charge is 0.482 e. The lowest BCUT2D eigenvalue weighted by Gasteiger charge is -2.34. The summed E-state index contributed by atoms with van der Waals surface area (Å²) in [6.07, 6.45) is 1.47. The van der Waals surface area contributed by atoms with Crippen LogP contribution in [0.4, 0.5) is 0 Å². The molecule has 2 amide bonds. The number of hydrogen-bond donors (Lipinski definition) is 0. The number of benzene rings is 1. The Morgan fingerprint density at radius 2 is 1.84 bits per heavy atom. The van der Waals surface area contributed by atoms with Gasteiger partial charge in [0.1, 0.15) is 5.75 Å². The fourth-order valence-corrected chi connectivity index (χ4v) is 3.86. The molecule has 4 rings (SSSR count). The van der Waals surface area contributed by atoms with Gasteiger partial charge in [0.05, 0.1) is 17.0 Å². The second-order valence-electron chi connectivity index (χ2n) is 6.62. The SMILES string of the molecule is O=C(CSc1nnc(COc2ccccc2Cl)o1)N1CCN(C(=O)c2ccco2)CC1. The minimum atomic E-state index is -0.163. The molecule has 11 heteroatoms. The van der Waals surface area contributed by atoms with Gasteiger partial charge in [0.15, 0.2) is 12.4 Å². The molecule has 0 saturated carbocycles. The van der Waals surface area contributed by atoms with Crippen molar-refractivity contribution in [2.45, 2.75) is 11.8 Å². The molecule has 162 valence electrons. The van der Waals surface area contributed by atoms with Crippen molar-refractivity contribution in [3.05, 3.63) is 59.3 Å². The molecule has 1 aliphatic rings.